The number of anilines is 1. The lowest BCUT2D eigenvalue weighted by atomic mass is 9.89. The second-order valence-corrected chi connectivity index (χ2v) is 7.18. The van der Waals surface area contributed by atoms with Crippen molar-refractivity contribution in [2.24, 2.45) is 0 Å². The van der Waals surface area contributed by atoms with Crippen molar-refractivity contribution >= 4 is 11.6 Å². The molecule has 2 N–H and O–H groups in total. The smallest absolute Gasteiger partial charge is 0.270 e. The highest BCUT2D eigenvalue weighted by molar-refractivity contribution is 5.93. The number of nitrogens with zero attached hydrogens (tertiary/aromatic N) is 2. The van der Waals surface area contributed by atoms with Crippen molar-refractivity contribution < 1.29 is 14.3 Å². The summed E-state index contributed by atoms with van der Waals surface area (Å²) in [6.07, 6.45) is 3.84. The standard InChI is InChI=1S/C22H23N3O3/c1-16-5-2-3-7-19(16)22(27)9-11-25(15-22)17-8-10-23-20(13-17)21(26)24-14-18-6-4-12-28-18/h2-8,10,12-13,27H,9,11,14-15H2,1H3,(H,24,26)/t22-/m0/s1. The zero-order chi connectivity index (χ0) is 19.6. The van der Waals surface area contributed by atoms with E-state index in [0.717, 1.165) is 16.8 Å². The Hall–Kier alpha value is -3.12. The van der Waals surface area contributed by atoms with Gasteiger partial charge in [0.1, 0.15) is 17.1 Å². The third-order valence-corrected chi connectivity index (χ3v) is 5.24. The lowest BCUT2D eigenvalue weighted by Gasteiger charge is -2.26. The number of aliphatic hydroxyl groups is 1. The molecule has 6 nitrogen and oxygen atoms in total. The van der Waals surface area contributed by atoms with Crippen molar-refractivity contribution in [2.45, 2.75) is 25.5 Å². The van der Waals surface area contributed by atoms with Gasteiger partial charge in [0.15, 0.2) is 0 Å². The number of pyridine rings is 1. The Kier molecular flexibility index (Phi) is 4.88. The fourth-order valence-electron chi connectivity index (χ4n) is 3.74. The highest BCUT2D eigenvalue weighted by atomic mass is 16.3. The van der Waals surface area contributed by atoms with Crippen molar-refractivity contribution in [1.29, 1.82) is 0 Å². The van der Waals surface area contributed by atoms with E-state index in [9.17, 15) is 9.90 Å². The second-order valence-electron chi connectivity index (χ2n) is 7.18. The van der Waals surface area contributed by atoms with E-state index in [2.05, 4.69) is 15.2 Å². The molecular weight excluding hydrogens is 354 g/mol. The fraction of sp³-hybridized carbons (Fsp3) is 0.273. The van der Waals surface area contributed by atoms with Crippen LogP contribution in [-0.4, -0.2) is 29.1 Å². The maximum Gasteiger partial charge on any atom is 0.270 e. The van der Waals surface area contributed by atoms with E-state index in [1.165, 1.54) is 0 Å². The van der Waals surface area contributed by atoms with Crippen molar-refractivity contribution in [2.75, 3.05) is 18.0 Å². The fourth-order valence-corrected chi connectivity index (χ4v) is 3.74. The summed E-state index contributed by atoms with van der Waals surface area (Å²) in [6.45, 7) is 3.52. The van der Waals surface area contributed by atoms with Gasteiger partial charge >= 0.3 is 0 Å². The van der Waals surface area contributed by atoms with E-state index in [4.69, 9.17) is 4.42 Å². The molecule has 1 aliphatic heterocycles. The molecular formula is C22H23N3O3. The average molecular weight is 377 g/mol. The number of carbonyl (C=O) groups excluding carboxylic acids is 1. The number of nitrogens with one attached hydrogen (secondary N) is 1. The molecule has 0 spiro atoms. The highest BCUT2D eigenvalue weighted by Gasteiger charge is 2.38. The monoisotopic (exact) mass is 377 g/mol. The normalized spacial score (nSPS) is 19.0. The second kappa shape index (κ2) is 7.48. The Balaban J connectivity index is 1.47. The number of benzene rings is 1. The molecule has 0 unspecified atom stereocenters. The molecule has 28 heavy (non-hydrogen) atoms. The largest absolute Gasteiger partial charge is 0.467 e. The van der Waals surface area contributed by atoms with Crippen LogP contribution in [0.3, 0.4) is 0 Å². The van der Waals surface area contributed by atoms with Gasteiger partial charge in [-0.3, -0.25) is 9.78 Å². The molecule has 144 valence electrons. The summed E-state index contributed by atoms with van der Waals surface area (Å²) < 4.78 is 5.23. The highest BCUT2D eigenvalue weighted by Crippen LogP contribution is 2.36. The van der Waals surface area contributed by atoms with Crippen LogP contribution in [0, 0.1) is 6.92 Å². The molecule has 1 amide bonds. The SMILES string of the molecule is Cc1ccccc1[C@]1(O)CCN(c2ccnc(C(=O)NCc3ccco3)c2)C1. The quantitative estimate of drug-likeness (QED) is 0.715. The maximum atomic E-state index is 12.4. The molecule has 2 aromatic heterocycles. The summed E-state index contributed by atoms with van der Waals surface area (Å²) in [5, 5.41) is 14.0. The van der Waals surface area contributed by atoms with Gasteiger partial charge in [0.05, 0.1) is 19.4 Å². The average Bonchev–Trinajstić information content (AvgIpc) is 3.37. The lowest BCUT2D eigenvalue weighted by molar-refractivity contribution is 0.0600. The first-order chi connectivity index (χ1) is 13.5. The molecule has 0 aliphatic carbocycles. The molecule has 0 saturated carbocycles. The topological polar surface area (TPSA) is 78.6 Å². The first-order valence-corrected chi connectivity index (χ1v) is 9.35. The summed E-state index contributed by atoms with van der Waals surface area (Å²) in [6, 6.07) is 15.2. The van der Waals surface area contributed by atoms with Gasteiger partial charge in [0.2, 0.25) is 0 Å². The van der Waals surface area contributed by atoms with Gasteiger partial charge in [-0.05, 0) is 48.7 Å². The first kappa shape index (κ1) is 18.3. The van der Waals surface area contributed by atoms with E-state index in [-0.39, 0.29) is 5.91 Å². The number of β-amino-alcohol motifs (C(OH)–C–C–N with tert-alkyl or cyclic N) is 1. The van der Waals surface area contributed by atoms with E-state index in [1.54, 1.807) is 30.7 Å². The van der Waals surface area contributed by atoms with Crippen LogP contribution < -0.4 is 10.2 Å². The van der Waals surface area contributed by atoms with Crippen molar-refractivity contribution in [3.05, 3.63) is 83.6 Å². The van der Waals surface area contributed by atoms with Gasteiger partial charge in [-0.1, -0.05) is 24.3 Å². The first-order valence-electron chi connectivity index (χ1n) is 9.35. The lowest BCUT2D eigenvalue weighted by Crippen LogP contribution is -2.31. The summed E-state index contributed by atoms with van der Waals surface area (Å²) in [4.78, 5) is 18.7. The Morgan fingerprint density at radius 1 is 1.29 bits per heavy atom. The molecule has 0 bridgehead atoms. The number of hydrogen-bond acceptors (Lipinski definition) is 5. The van der Waals surface area contributed by atoms with Crippen LogP contribution in [0.1, 0.15) is 33.8 Å². The minimum atomic E-state index is -0.893. The minimum Gasteiger partial charge on any atom is -0.467 e. The summed E-state index contributed by atoms with van der Waals surface area (Å²) in [5.41, 5.74) is 2.37. The summed E-state index contributed by atoms with van der Waals surface area (Å²) >= 11 is 0. The minimum absolute atomic E-state index is 0.258. The number of carbonyl (C=O) groups is 1. The van der Waals surface area contributed by atoms with Crippen molar-refractivity contribution in [1.82, 2.24) is 10.3 Å². The van der Waals surface area contributed by atoms with Crippen LogP contribution in [0.2, 0.25) is 0 Å². The summed E-state index contributed by atoms with van der Waals surface area (Å²) in [5.74, 6) is 0.430. The molecule has 6 heteroatoms. The number of rotatable bonds is 5. The van der Waals surface area contributed by atoms with Crippen LogP contribution in [0.15, 0.2) is 65.4 Å². The maximum absolute atomic E-state index is 12.4. The molecule has 3 heterocycles. The van der Waals surface area contributed by atoms with E-state index in [1.807, 2.05) is 37.3 Å². The number of aromatic nitrogens is 1. The van der Waals surface area contributed by atoms with Crippen molar-refractivity contribution in [3.8, 4) is 0 Å². The van der Waals surface area contributed by atoms with E-state index >= 15 is 0 Å². The van der Waals surface area contributed by atoms with Crippen LogP contribution in [0.4, 0.5) is 5.69 Å². The third-order valence-electron chi connectivity index (χ3n) is 5.24. The van der Waals surface area contributed by atoms with Gasteiger partial charge in [-0.15, -0.1) is 0 Å². The molecule has 3 aromatic rings. The predicted molar refractivity (Wildman–Crippen MR) is 106 cm³/mol. The van der Waals surface area contributed by atoms with Gasteiger partial charge in [-0.25, -0.2) is 0 Å². The summed E-state index contributed by atoms with van der Waals surface area (Å²) in [7, 11) is 0. The molecule has 1 atom stereocenters. The van der Waals surface area contributed by atoms with Crippen LogP contribution >= 0.6 is 0 Å². The Morgan fingerprint density at radius 2 is 2.14 bits per heavy atom. The van der Waals surface area contributed by atoms with Gasteiger partial charge in [-0.2, -0.15) is 0 Å². The van der Waals surface area contributed by atoms with Crippen LogP contribution in [0.5, 0.6) is 0 Å². The molecule has 0 radical (unpaired) electrons. The van der Waals surface area contributed by atoms with Gasteiger partial charge in [0, 0.05) is 18.4 Å². The zero-order valence-electron chi connectivity index (χ0n) is 15.8. The van der Waals surface area contributed by atoms with E-state index in [0.29, 0.717) is 37.5 Å². The van der Waals surface area contributed by atoms with Gasteiger partial charge in [0.25, 0.3) is 5.91 Å². The molecule has 1 saturated heterocycles. The van der Waals surface area contributed by atoms with Crippen molar-refractivity contribution in [3.63, 3.8) is 0 Å². The Morgan fingerprint density at radius 3 is 2.93 bits per heavy atom. The molecule has 1 aromatic carbocycles. The van der Waals surface area contributed by atoms with E-state index < -0.39 is 5.60 Å². The van der Waals surface area contributed by atoms with Crippen LogP contribution in [-0.2, 0) is 12.1 Å². The zero-order valence-corrected chi connectivity index (χ0v) is 15.8. The Bertz CT molecular complexity index is 971. The Labute approximate surface area is 163 Å². The van der Waals surface area contributed by atoms with Gasteiger partial charge < -0.3 is 19.7 Å². The molecule has 1 fully saturated rings. The molecule has 1 aliphatic rings. The molecule has 4 rings (SSSR count). The predicted octanol–water partition coefficient (Wildman–Crippen LogP) is 3.01. The number of aryl methyl sites for hydroxylation is 1. The number of furan rings is 1. The van der Waals surface area contributed by atoms with Crippen LogP contribution in [0.25, 0.3) is 0 Å². The number of hydrogen-bond donors (Lipinski definition) is 2. The third kappa shape index (κ3) is 3.64. The number of amides is 1.